The molecule has 0 bridgehead atoms. The van der Waals surface area contributed by atoms with Crippen LogP contribution in [0.1, 0.15) is 41.1 Å². The number of nitro groups is 1. The van der Waals surface area contributed by atoms with Gasteiger partial charge in [0, 0.05) is 34.6 Å². The zero-order valence-corrected chi connectivity index (χ0v) is 25.5. The van der Waals surface area contributed by atoms with Gasteiger partial charge in [-0.25, -0.2) is 4.39 Å². The van der Waals surface area contributed by atoms with Crippen molar-refractivity contribution < 1.29 is 28.3 Å². The SMILES string of the molecule is C.COc1[nH]c(CCc2ccc(F)cc2)c(C)c(=O)c1OC.COc1[nH]c(CCc2ccc([N+](=O)[O-])cc2)c(C)c(=O)c1OC. The molecule has 0 amide bonds. The second-order valence-corrected chi connectivity index (χ2v) is 9.80. The summed E-state index contributed by atoms with van der Waals surface area (Å²) in [4.78, 5) is 40.8. The molecule has 45 heavy (non-hydrogen) atoms. The first-order valence-corrected chi connectivity index (χ1v) is 13.7. The van der Waals surface area contributed by atoms with Gasteiger partial charge in [0.25, 0.3) is 5.69 Å². The molecule has 0 aliphatic heterocycles. The van der Waals surface area contributed by atoms with Crippen LogP contribution in [0.3, 0.4) is 0 Å². The van der Waals surface area contributed by atoms with Gasteiger partial charge in [0.2, 0.25) is 34.1 Å². The van der Waals surface area contributed by atoms with Crippen molar-refractivity contribution >= 4 is 5.69 Å². The van der Waals surface area contributed by atoms with Gasteiger partial charge in [0.1, 0.15) is 5.82 Å². The molecule has 12 heteroatoms. The molecule has 0 spiro atoms. The molecular formula is C33H40FN3O8. The van der Waals surface area contributed by atoms with Gasteiger partial charge < -0.3 is 28.9 Å². The fourth-order valence-corrected chi connectivity index (χ4v) is 4.53. The molecule has 11 nitrogen and oxygen atoms in total. The highest BCUT2D eigenvalue weighted by Crippen LogP contribution is 2.23. The average Bonchev–Trinajstić information content (AvgIpc) is 3.03. The number of aromatic amines is 2. The molecule has 0 fully saturated rings. The highest BCUT2D eigenvalue weighted by atomic mass is 19.1. The Morgan fingerprint density at radius 1 is 0.667 bits per heavy atom. The zero-order chi connectivity index (χ0) is 32.4. The predicted octanol–water partition coefficient (Wildman–Crippen LogP) is 5.65. The number of non-ortho nitro benzene ring substituents is 1. The number of H-pyrrole nitrogens is 2. The number of nitrogens with zero attached hydrogens (tertiary/aromatic N) is 1. The molecule has 0 saturated carbocycles. The summed E-state index contributed by atoms with van der Waals surface area (Å²) in [6.07, 6.45) is 2.56. The molecule has 2 N–H and O–H groups in total. The van der Waals surface area contributed by atoms with Crippen LogP contribution in [0.2, 0.25) is 0 Å². The van der Waals surface area contributed by atoms with Crippen molar-refractivity contribution in [1.29, 1.82) is 0 Å². The summed E-state index contributed by atoms with van der Waals surface area (Å²) < 4.78 is 33.3. The molecule has 242 valence electrons. The smallest absolute Gasteiger partial charge is 0.269 e. The molecule has 2 aromatic carbocycles. The number of hydrogen-bond donors (Lipinski definition) is 2. The van der Waals surface area contributed by atoms with Crippen LogP contribution in [0.15, 0.2) is 58.1 Å². The molecule has 0 aliphatic rings. The Morgan fingerprint density at radius 2 is 1.04 bits per heavy atom. The molecular weight excluding hydrogens is 585 g/mol. The molecule has 0 atom stereocenters. The average molecular weight is 626 g/mol. The van der Waals surface area contributed by atoms with E-state index < -0.39 is 4.92 Å². The Hall–Kier alpha value is -5.13. The first-order valence-electron chi connectivity index (χ1n) is 13.7. The van der Waals surface area contributed by atoms with Gasteiger partial charge in [0.15, 0.2) is 0 Å². The van der Waals surface area contributed by atoms with E-state index >= 15 is 0 Å². The number of aromatic nitrogens is 2. The lowest BCUT2D eigenvalue weighted by atomic mass is 10.0. The highest BCUT2D eigenvalue weighted by molar-refractivity contribution is 5.41. The van der Waals surface area contributed by atoms with Crippen molar-refractivity contribution in [2.24, 2.45) is 0 Å². The molecule has 0 unspecified atom stereocenters. The Bertz CT molecular complexity index is 1700. The molecule has 4 aromatic rings. The van der Waals surface area contributed by atoms with Crippen molar-refractivity contribution in [3.8, 4) is 23.3 Å². The van der Waals surface area contributed by atoms with Crippen molar-refractivity contribution in [3.63, 3.8) is 0 Å². The topological polar surface area (TPSA) is 146 Å². The van der Waals surface area contributed by atoms with Gasteiger partial charge in [-0.3, -0.25) is 19.7 Å². The second kappa shape index (κ2) is 16.6. The second-order valence-electron chi connectivity index (χ2n) is 9.80. The van der Waals surface area contributed by atoms with Crippen LogP contribution in [0.4, 0.5) is 10.1 Å². The van der Waals surface area contributed by atoms with E-state index in [9.17, 15) is 24.1 Å². The minimum Gasteiger partial charge on any atom is -0.488 e. The van der Waals surface area contributed by atoms with Crippen molar-refractivity contribution in [2.45, 2.75) is 47.0 Å². The normalized spacial score (nSPS) is 10.2. The minimum atomic E-state index is -0.431. The molecule has 2 aromatic heterocycles. The number of aryl methyl sites for hydroxylation is 4. The number of benzene rings is 2. The number of halogens is 1. The lowest BCUT2D eigenvalue weighted by Gasteiger charge is -2.12. The molecule has 4 rings (SSSR count). The van der Waals surface area contributed by atoms with Crippen LogP contribution >= 0.6 is 0 Å². The number of methoxy groups -OCH3 is 4. The van der Waals surface area contributed by atoms with Gasteiger partial charge in [-0.05, 0) is 62.8 Å². The third-order valence-electron chi connectivity index (χ3n) is 7.14. The molecule has 0 radical (unpaired) electrons. The predicted molar refractivity (Wildman–Crippen MR) is 171 cm³/mol. The van der Waals surface area contributed by atoms with Crippen LogP contribution in [0.25, 0.3) is 0 Å². The summed E-state index contributed by atoms with van der Waals surface area (Å²) in [5, 5.41) is 10.6. The number of ether oxygens (including phenoxy) is 4. The number of rotatable bonds is 11. The lowest BCUT2D eigenvalue weighted by molar-refractivity contribution is -0.384. The van der Waals surface area contributed by atoms with E-state index in [1.54, 1.807) is 38.1 Å². The number of pyridine rings is 2. The summed E-state index contributed by atoms with van der Waals surface area (Å²) in [5.74, 6) is 0.697. The third kappa shape index (κ3) is 8.94. The number of hydrogen-bond acceptors (Lipinski definition) is 8. The maximum atomic E-state index is 12.9. The summed E-state index contributed by atoms with van der Waals surface area (Å²) in [6, 6.07) is 12.7. The minimum absolute atomic E-state index is 0. The van der Waals surface area contributed by atoms with E-state index in [0.717, 1.165) is 22.5 Å². The van der Waals surface area contributed by atoms with E-state index in [4.69, 9.17) is 18.9 Å². The van der Waals surface area contributed by atoms with E-state index in [1.165, 1.54) is 52.7 Å². The van der Waals surface area contributed by atoms with E-state index in [0.29, 0.717) is 48.6 Å². The van der Waals surface area contributed by atoms with E-state index in [-0.39, 0.29) is 41.3 Å². The maximum absolute atomic E-state index is 12.9. The number of nitrogens with one attached hydrogen (secondary N) is 2. The largest absolute Gasteiger partial charge is 0.488 e. The fourth-order valence-electron chi connectivity index (χ4n) is 4.53. The zero-order valence-electron chi connectivity index (χ0n) is 25.5. The monoisotopic (exact) mass is 625 g/mol. The van der Waals surface area contributed by atoms with Crippen LogP contribution in [0, 0.1) is 29.8 Å². The van der Waals surface area contributed by atoms with Gasteiger partial charge in [-0.2, -0.15) is 0 Å². The van der Waals surface area contributed by atoms with E-state index in [2.05, 4.69) is 9.97 Å². The first kappa shape index (κ1) is 36.1. The summed E-state index contributed by atoms with van der Waals surface area (Å²) in [5.41, 5.74) is 4.36. The van der Waals surface area contributed by atoms with Crippen molar-refractivity contribution in [3.05, 3.63) is 119 Å². The molecule has 2 heterocycles. The highest BCUT2D eigenvalue weighted by Gasteiger charge is 2.16. The Labute approximate surface area is 261 Å². The first-order chi connectivity index (χ1) is 21.0. The third-order valence-corrected chi connectivity index (χ3v) is 7.14. The van der Waals surface area contributed by atoms with Gasteiger partial charge in [-0.15, -0.1) is 0 Å². The van der Waals surface area contributed by atoms with Crippen molar-refractivity contribution in [1.82, 2.24) is 9.97 Å². The van der Waals surface area contributed by atoms with Gasteiger partial charge in [-0.1, -0.05) is 31.7 Å². The summed E-state index contributed by atoms with van der Waals surface area (Å²) in [7, 11) is 5.80. The van der Waals surface area contributed by atoms with Crippen LogP contribution in [0.5, 0.6) is 23.3 Å². The summed E-state index contributed by atoms with van der Waals surface area (Å²) in [6.45, 7) is 3.48. The molecule has 0 saturated heterocycles. The maximum Gasteiger partial charge on any atom is 0.269 e. The standard InChI is InChI=1S/C16H18FNO3.C16H18N2O5.CH4/c1-10-13(9-6-11-4-7-12(17)8-5-11)18-16(21-3)15(20-2)14(10)19;1-10-13(17-16(23-3)15(22-2)14(10)19)9-6-11-4-7-12(8-5-11)18(20)21;/h4-5,7-8H,6,9H2,1-3H3,(H,18,19);4-5,7-8H,6,9H2,1-3H3,(H,17,19);1H4. The number of nitro benzene ring substituents is 1. The van der Waals surface area contributed by atoms with Gasteiger partial charge in [0.05, 0.1) is 33.4 Å². The Morgan fingerprint density at radius 3 is 1.38 bits per heavy atom. The van der Waals surface area contributed by atoms with Gasteiger partial charge >= 0.3 is 0 Å². The quantitative estimate of drug-likeness (QED) is 0.161. The van der Waals surface area contributed by atoms with Crippen LogP contribution in [-0.2, 0) is 25.7 Å². The Balaban J connectivity index is 0.000000308. The lowest BCUT2D eigenvalue weighted by Crippen LogP contribution is -2.15. The van der Waals surface area contributed by atoms with Crippen LogP contribution in [-0.4, -0.2) is 43.3 Å². The summed E-state index contributed by atoms with van der Waals surface area (Å²) >= 11 is 0. The van der Waals surface area contributed by atoms with Crippen LogP contribution < -0.4 is 29.8 Å². The molecule has 0 aliphatic carbocycles. The Kier molecular flexibility index (Phi) is 13.3. The van der Waals surface area contributed by atoms with E-state index in [1.807, 2.05) is 0 Å². The van der Waals surface area contributed by atoms with Crippen molar-refractivity contribution in [2.75, 3.05) is 28.4 Å². The fraction of sp³-hybridized carbons (Fsp3) is 0.333.